The second-order valence-corrected chi connectivity index (χ2v) is 5.46. The van der Waals surface area contributed by atoms with E-state index < -0.39 is 5.82 Å². The van der Waals surface area contributed by atoms with Gasteiger partial charge in [0.15, 0.2) is 5.82 Å². The minimum absolute atomic E-state index is 0.0294. The maximum absolute atomic E-state index is 13.9. The van der Waals surface area contributed by atoms with Crippen molar-refractivity contribution < 1.29 is 4.39 Å². The van der Waals surface area contributed by atoms with Crippen molar-refractivity contribution in [2.24, 2.45) is 0 Å². The third kappa shape index (κ3) is 2.59. The topological polar surface area (TPSA) is 38.7 Å². The number of benzene rings is 1. The first kappa shape index (κ1) is 13.9. The molecule has 0 bridgehead atoms. The minimum Gasteiger partial charge on any atom is -0.256 e. The van der Waals surface area contributed by atoms with Gasteiger partial charge in [-0.25, -0.2) is 14.4 Å². The van der Waals surface area contributed by atoms with E-state index in [0.29, 0.717) is 11.5 Å². The van der Waals surface area contributed by atoms with Gasteiger partial charge >= 0.3 is 0 Å². The maximum atomic E-state index is 13.9. The van der Waals surface area contributed by atoms with Gasteiger partial charge in [-0.05, 0) is 41.3 Å². The number of fused-ring (bicyclic) bond motifs is 1. The van der Waals surface area contributed by atoms with Crippen LogP contribution in [0.5, 0.6) is 0 Å². The van der Waals surface area contributed by atoms with Gasteiger partial charge in [-0.3, -0.25) is 4.98 Å². The molecular weight excluding hydrogens is 289 g/mol. The van der Waals surface area contributed by atoms with Crippen LogP contribution in [0.4, 0.5) is 4.39 Å². The molecule has 0 aliphatic heterocycles. The van der Waals surface area contributed by atoms with Crippen molar-refractivity contribution in [2.45, 2.75) is 19.8 Å². The summed E-state index contributed by atoms with van der Waals surface area (Å²) >= 11 is 5.77. The van der Waals surface area contributed by atoms with E-state index >= 15 is 0 Å². The Balaban J connectivity index is 2.25. The summed E-state index contributed by atoms with van der Waals surface area (Å²) in [5.41, 5.74) is 2.92. The van der Waals surface area contributed by atoms with Crippen LogP contribution in [0.15, 0.2) is 36.7 Å². The normalized spacial score (nSPS) is 11.3. The molecule has 3 nitrogen and oxygen atoms in total. The number of hydrogen-bond acceptors (Lipinski definition) is 3. The van der Waals surface area contributed by atoms with Crippen LogP contribution in [0.1, 0.15) is 25.3 Å². The fourth-order valence-corrected chi connectivity index (χ4v) is 2.50. The minimum atomic E-state index is -0.492. The Morgan fingerprint density at radius 2 is 1.95 bits per heavy atom. The first-order chi connectivity index (χ1) is 10.1. The lowest BCUT2D eigenvalue weighted by molar-refractivity contribution is 0.618. The lowest BCUT2D eigenvalue weighted by Gasteiger charge is -2.11. The Morgan fingerprint density at radius 3 is 2.71 bits per heavy atom. The van der Waals surface area contributed by atoms with E-state index in [2.05, 4.69) is 28.8 Å². The molecular formula is C16H13ClFN3. The van der Waals surface area contributed by atoms with E-state index in [4.69, 9.17) is 11.6 Å². The zero-order valence-corrected chi connectivity index (χ0v) is 12.4. The smallest absolute Gasteiger partial charge is 0.223 e. The summed E-state index contributed by atoms with van der Waals surface area (Å²) in [7, 11) is 0. The molecule has 21 heavy (non-hydrogen) atoms. The van der Waals surface area contributed by atoms with Crippen LogP contribution in [0, 0.1) is 5.82 Å². The lowest BCUT2D eigenvalue weighted by Crippen LogP contribution is -1.95. The van der Waals surface area contributed by atoms with E-state index in [0.717, 1.165) is 17.1 Å². The molecule has 0 radical (unpaired) electrons. The molecule has 5 heteroatoms. The number of hydrogen-bond donors (Lipinski definition) is 0. The molecule has 0 aliphatic rings. The zero-order chi connectivity index (χ0) is 15.0. The quantitative estimate of drug-likeness (QED) is 0.649. The van der Waals surface area contributed by atoms with Gasteiger partial charge in [0.2, 0.25) is 5.28 Å². The predicted molar refractivity (Wildman–Crippen MR) is 81.8 cm³/mol. The highest BCUT2D eigenvalue weighted by Gasteiger charge is 2.12. The summed E-state index contributed by atoms with van der Waals surface area (Å²) < 4.78 is 13.9. The Morgan fingerprint density at radius 1 is 1.14 bits per heavy atom. The van der Waals surface area contributed by atoms with Crippen LogP contribution in [0.25, 0.3) is 22.2 Å². The number of halogens is 2. The van der Waals surface area contributed by atoms with Gasteiger partial charge in [0.05, 0.1) is 11.7 Å². The second kappa shape index (κ2) is 5.37. The monoisotopic (exact) mass is 301 g/mol. The van der Waals surface area contributed by atoms with Gasteiger partial charge in [-0.1, -0.05) is 19.9 Å². The van der Waals surface area contributed by atoms with Gasteiger partial charge in [0, 0.05) is 17.1 Å². The third-order valence-electron chi connectivity index (χ3n) is 3.39. The molecule has 0 unspecified atom stereocenters. The van der Waals surface area contributed by atoms with Crippen LogP contribution < -0.4 is 0 Å². The van der Waals surface area contributed by atoms with Crippen LogP contribution in [0.3, 0.4) is 0 Å². The number of rotatable bonds is 2. The summed E-state index contributed by atoms with van der Waals surface area (Å²) in [6.45, 7) is 4.23. The van der Waals surface area contributed by atoms with E-state index in [1.807, 2.05) is 18.2 Å². The van der Waals surface area contributed by atoms with E-state index in [-0.39, 0.29) is 11.0 Å². The molecule has 2 heterocycles. The Hall–Kier alpha value is -2.07. The first-order valence-electron chi connectivity index (χ1n) is 6.63. The zero-order valence-electron chi connectivity index (χ0n) is 11.6. The van der Waals surface area contributed by atoms with Crippen molar-refractivity contribution in [1.29, 1.82) is 0 Å². The molecule has 0 N–H and O–H groups in total. The molecule has 0 aliphatic carbocycles. The molecule has 0 atom stereocenters. The Kier molecular flexibility index (Phi) is 3.55. The Bertz CT molecular complexity index is 818. The summed E-state index contributed by atoms with van der Waals surface area (Å²) in [4.78, 5) is 12.0. The standard InChI is InChI=1S/C16H13ClFN3/c1-9(2)11-5-6-19-14-4-3-10(7-12(11)14)15-13(18)8-20-16(17)21-15/h3-9H,1-2H3. The second-order valence-electron chi connectivity index (χ2n) is 5.12. The summed E-state index contributed by atoms with van der Waals surface area (Å²) in [6.07, 6.45) is 2.88. The summed E-state index contributed by atoms with van der Waals surface area (Å²) in [5.74, 6) is -0.140. The van der Waals surface area contributed by atoms with E-state index in [1.165, 1.54) is 5.56 Å². The Labute approximate surface area is 126 Å². The van der Waals surface area contributed by atoms with Crippen LogP contribution in [-0.2, 0) is 0 Å². The average Bonchev–Trinajstić information content (AvgIpc) is 2.48. The highest BCUT2D eigenvalue weighted by Crippen LogP contribution is 2.29. The molecule has 0 saturated heterocycles. The number of nitrogens with zero attached hydrogens (tertiary/aromatic N) is 3. The van der Waals surface area contributed by atoms with Crippen molar-refractivity contribution in [3.05, 3.63) is 53.3 Å². The summed E-state index contributed by atoms with van der Waals surface area (Å²) in [6, 6.07) is 7.55. The highest BCUT2D eigenvalue weighted by molar-refractivity contribution is 6.28. The van der Waals surface area contributed by atoms with Crippen LogP contribution in [0.2, 0.25) is 5.28 Å². The molecule has 0 fully saturated rings. The highest BCUT2D eigenvalue weighted by atomic mass is 35.5. The van der Waals surface area contributed by atoms with Gasteiger partial charge in [-0.2, -0.15) is 0 Å². The van der Waals surface area contributed by atoms with Crippen molar-refractivity contribution in [3.8, 4) is 11.3 Å². The van der Waals surface area contributed by atoms with Gasteiger partial charge < -0.3 is 0 Å². The lowest BCUT2D eigenvalue weighted by atomic mass is 9.97. The fraction of sp³-hybridized carbons (Fsp3) is 0.188. The van der Waals surface area contributed by atoms with Crippen LogP contribution in [-0.4, -0.2) is 15.0 Å². The van der Waals surface area contributed by atoms with Crippen molar-refractivity contribution in [1.82, 2.24) is 15.0 Å². The third-order valence-corrected chi connectivity index (χ3v) is 3.57. The van der Waals surface area contributed by atoms with Crippen LogP contribution >= 0.6 is 11.6 Å². The molecule has 3 aromatic rings. The molecule has 0 amide bonds. The average molecular weight is 302 g/mol. The SMILES string of the molecule is CC(C)c1ccnc2ccc(-c3nc(Cl)ncc3F)cc12. The molecule has 0 spiro atoms. The number of aromatic nitrogens is 3. The molecule has 3 rings (SSSR count). The molecule has 1 aromatic carbocycles. The van der Waals surface area contributed by atoms with Gasteiger partial charge in [-0.15, -0.1) is 0 Å². The first-order valence-corrected chi connectivity index (χ1v) is 7.01. The van der Waals surface area contributed by atoms with E-state index in [1.54, 1.807) is 12.3 Å². The van der Waals surface area contributed by atoms with Crippen molar-refractivity contribution in [3.63, 3.8) is 0 Å². The van der Waals surface area contributed by atoms with Gasteiger partial charge in [0.1, 0.15) is 5.69 Å². The fourth-order valence-electron chi connectivity index (χ4n) is 2.37. The largest absolute Gasteiger partial charge is 0.256 e. The maximum Gasteiger partial charge on any atom is 0.223 e. The number of pyridine rings is 1. The molecule has 106 valence electrons. The van der Waals surface area contributed by atoms with E-state index in [9.17, 15) is 4.39 Å². The summed E-state index contributed by atoms with van der Waals surface area (Å²) in [5, 5.41) is 1.03. The predicted octanol–water partition coefficient (Wildman–Crippen LogP) is 4.61. The molecule has 2 aromatic heterocycles. The molecule has 0 saturated carbocycles. The van der Waals surface area contributed by atoms with Crippen molar-refractivity contribution >= 4 is 22.5 Å². The van der Waals surface area contributed by atoms with Gasteiger partial charge in [0.25, 0.3) is 0 Å². The van der Waals surface area contributed by atoms with Crippen molar-refractivity contribution in [2.75, 3.05) is 0 Å².